The minimum atomic E-state index is -1.08. The number of rotatable bonds is 6. The van der Waals surface area contributed by atoms with E-state index in [9.17, 15) is 14.4 Å². The Bertz CT molecular complexity index is 895. The van der Waals surface area contributed by atoms with Crippen LogP contribution in [0.2, 0.25) is 10.0 Å². The lowest BCUT2D eigenvalue weighted by atomic mass is 10.1. The summed E-state index contributed by atoms with van der Waals surface area (Å²) in [5.41, 5.74) is 2.65. The van der Waals surface area contributed by atoms with Gasteiger partial charge in [-0.3, -0.25) is 14.4 Å². The van der Waals surface area contributed by atoms with Crippen molar-refractivity contribution in [3.8, 4) is 0 Å². The quantitative estimate of drug-likeness (QED) is 0.690. The molecule has 8 heteroatoms. The zero-order valence-corrected chi connectivity index (χ0v) is 17.1. The summed E-state index contributed by atoms with van der Waals surface area (Å²) in [6.07, 6.45) is -1.08. The zero-order chi connectivity index (χ0) is 20.8. The van der Waals surface area contributed by atoms with Gasteiger partial charge in [0.1, 0.15) is 6.54 Å². The van der Waals surface area contributed by atoms with Crippen molar-refractivity contribution in [2.24, 2.45) is 0 Å². The first-order chi connectivity index (χ1) is 13.2. The van der Waals surface area contributed by atoms with Crippen LogP contribution in [0, 0.1) is 13.8 Å². The van der Waals surface area contributed by atoms with Crippen molar-refractivity contribution in [3.63, 3.8) is 0 Å². The zero-order valence-electron chi connectivity index (χ0n) is 15.6. The van der Waals surface area contributed by atoms with E-state index >= 15 is 0 Å². The Morgan fingerprint density at radius 2 is 1.71 bits per heavy atom. The number of nitrogens with one attached hydrogen (secondary N) is 2. The maximum Gasteiger partial charge on any atom is 0.326 e. The van der Waals surface area contributed by atoms with Gasteiger partial charge in [-0.05, 0) is 45.0 Å². The van der Waals surface area contributed by atoms with Crippen LogP contribution in [-0.2, 0) is 14.3 Å². The van der Waals surface area contributed by atoms with Crippen LogP contribution in [-0.4, -0.2) is 30.4 Å². The predicted molar refractivity (Wildman–Crippen MR) is 109 cm³/mol. The van der Waals surface area contributed by atoms with Crippen LogP contribution in [0.25, 0.3) is 0 Å². The van der Waals surface area contributed by atoms with E-state index < -0.39 is 23.9 Å². The number of amides is 2. The highest BCUT2D eigenvalue weighted by Crippen LogP contribution is 2.29. The number of anilines is 1. The van der Waals surface area contributed by atoms with Gasteiger partial charge in [0.25, 0.3) is 11.8 Å². The molecule has 0 radical (unpaired) electrons. The molecule has 0 saturated heterocycles. The number of ether oxygens (including phenoxy) is 1. The molecule has 148 valence electrons. The molecule has 0 aliphatic heterocycles. The van der Waals surface area contributed by atoms with Gasteiger partial charge < -0.3 is 15.4 Å². The summed E-state index contributed by atoms with van der Waals surface area (Å²) in [6.45, 7) is 4.81. The Labute approximate surface area is 173 Å². The van der Waals surface area contributed by atoms with E-state index in [2.05, 4.69) is 10.6 Å². The molecule has 0 fully saturated rings. The van der Waals surface area contributed by atoms with E-state index in [0.717, 1.165) is 11.1 Å². The first-order valence-electron chi connectivity index (χ1n) is 8.48. The Hall–Kier alpha value is -2.57. The number of halogens is 2. The fraction of sp³-hybridized carbons (Fsp3) is 0.250. The summed E-state index contributed by atoms with van der Waals surface area (Å²) in [5.74, 6) is -1.71. The second kappa shape index (κ2) is 9.57. The van der Waals surface area contributed by atoms with Gasteiger partial charge >= 0.3 is 5.97 Å². The van der Waals surface area contributed by atoms with Gasteiger partial charge in [-0.2, -0.15) is 0 Å². The van der Waals surface area contributed by atoms with Crippen molar-refractivity contribution in [2.45, 2.75) is 26.9 Å². The van der Waals surface area contributed by atoms with Gasteiger partial charge in [0.2, 0.25) is 0 Å². The van der Waals surface area contributed by atoms with Crippen molar-refractivity contribution in [3.05, 3.63) is 63.1 Å². The van der Waals surface area contributed by atoms with E-state index in [1.165, 1.54) is 6.92 Å². The molecule has 0 spiro atoms. The second-order valence-electron chi connectivity index (χ2n) is 6.28. The topological polar surface area (TPSA) is 84.5 Å². The molecule has 0 aliphatic rings. The minimum absolute atomic E-state index is 0.191. The second-order valence-corrected chi connectivity index (χ2v) is 7.07. The van der Waals surface area contributed by atoms with Gasteiger partial charge in [-0.25, -0.2) is 0 Å². The first-order valence-corrected chi connectivity index (χ1v) is 9.24. The van der Waals surface area contributed by atoms with Crippen molar-refractivity contribution < 1.29 is 19.1 Å². The Kier molecular flexibility index (Phi) is 7.43. The first kappa shape index (κ1) is 21.7. The third-order valence-corrected chi connectivity index (χ3v) is 4.58. The van der Waals surface area contributed by atoms with Crippen molar-refractivity contribution in [2.75, 3.05) is 11.9 Å². The normalized spacial score (nSPS) is 11.5. The molecule has 1 unspecified atom stereocenters. The summed E-state index contributed by atoms with van der Waals surface area (Å²) in [7, 11) is 0. The van der Waals surface area contributed by atoms with Gasteiger partial charge in [0, 0.05) is 5.56 Å². The molecule has 28 heavy (non-hydrogen) atoms. The van der Waals surface area contributed by atoms with Gasteiger partial charge in [0.15, 0.2) is 6.10 Å². The third-order valence-electron chi connectivity index (χ3n) is 3.76. The van der Waals surface area contributed by atoms with Crippen molar-refractivity contribution in [1.82, 2.24) is 5.32 Å². The highest BCUT2D eigenvalue weighted by atomic mass is 35.5. The molecule has 0 bridgehead atoms. The van der Waals surface area contributed by atoms with Crippen molar-refractivity contribution in [1.29, 1.82) is 0 Å². The predicted octanol–water partition coefficient (Wildman–Crippen LogP) is 3.91. The number of carbonyl (C=O) groups excluding carboxylic acids is 3. The molecule has 2 aromatic carbocycles. The Morgan fingerprint density at radius 1 is 1.07 bits per heavy atom. The van der Waals surface area contributed by atoms with Crippen LogP contribution in [0.4, 0.5) is 5.69 Å². The number of hydrogen-bond donors (Lipinski definition) is 2. The molecule has 1 atom stereocenters. The lowest BCUT2D eigenvalue weighted by Crippen LogP contribution is -2.35. The average molecular weight is 423 g/mol. The van der Waals surface area contributed by atoms with Gasteiger partial charge in [-0.15, -0.1) is 0 Å². The summed E-state index contributed by atoms with van der Waals surface area (Å²) < 4.78 is 5.05. The lowest BCUT2D eigenvalue weighted by Gasteiger charge is -2.15. The molecule has 0 saturated carbocycles. The van der Waals surface area contributed by atoms with E-state index in [1.54, 1.807) is 30.3 Å². The van der Waals surface area contributed by atoms with Crippen LogP contribution >= 0.6 is 23.2 Å². The number of hydrogen-bond acceptors (Lipinski definition) is 4. The monoisotopic (exact) mass is 422 g/mol. The summed E-state index contributed by atoms with van der Waals surface area (Å²) in [6, 6.07) is 10.2. The summed E-state index contributed by atoms with van der Waals surface area (Å²) in [4.78, 5) is 36.3. The fourth-order valence-electron chi connectivity index (χ4n) is 2.49. The van der Waals surface area contributed by atoms with Gasteiger partial charge in [0.05, 0.1) is 15.7 Å². The smallest absolute Gasteiger partial charge is 0.326 e. The molecular weight excluding hydrogens is 403 g/mol. The SMILES string of the molecule is Cc1cc(C)cc(C(=O)NCC(=O)OC(C)C(=O)Nc2cccc(Cl)c2Cl)c1. The van der Waals surface area contributed by atoms with Gasteiger partial charge in [-0.1, -0.05) is 46.5 Å². The molecule has 0 aliphatic carbocycles. The van der Waals surface area contributed by atoms with E-state index in [-0.39, 0.29) is 11.6 Å². The minimum Gasteiger partial charge on any atom is -0.451 e. The van der Waals surface area contributed by atoms with E-state index in [4.69, 9.17) is 27.9 Å². The summed E-state index contributed by atoms with van der Waals surface area (Å²) >= 11 is 11.9. The molecule has 0 heterocycles. The number of carbonyl (C=O) groups is 3. The molecule has 2 aromatic rings. The van der Waals surface area contributed by atoms with Crippen molar-refractivity contribution >= 4 is 46.7 Å². The number of benzene rings is 2. The average Bonchev–Trinajstić information content (AvgIpc) is 2.62. The highest BCUT2D eigenvalue weighted by Gasteiger charge is 2.20. The fourth-order valence-corrected chi connectivity index (χ4v) is 2.84. The molecule has 6 nitrogen and oxygen atoms in total. The maximum atomic E-state index is 12.2. The maximum absolute atomic E-state index is 12.2. The number of esters is 1. The lowest BCUT2D eigenvalue weighted by molar-refractivity contribution is -0.152. The van der Waals surface area contributed by atoms with Crippen LogP contribution in [0.3, 0.4) is 0 Å². The van der Waals surface area contributed by atoms with Crippen LogP contribution < -0.4 is 10.6 Å². The van der Waals surface area contributed by atoms with Crippen LogP contribution in [0.1, 0.15) is 28.4 Å². The Morgan fingerprint density at radius 3 is 2.36 bits per heavy atom. The van der Waals surface area contributed by atoms with Crippen LogP contribution in [0.15, 0.2) is 36.4 Å². The Balaban J connectivity index is 1.87. The van der Waals surface area contributed by atoms with Crippen LogP contribution in [0.5, 0.6) is 0 Å². The third kappa shape index (κ3) is 5.97. The molecule has 2 N–H and O–H groups in total. The largest absolute Gasteiger partial charge is 0.451 e. The number of aryl methyl sites for hydroxylation is 2. The summed E-state index contributed by atoms with van der Waals surface area (Å²) in [5, 5.41) is 5.50. The molecule has 2 amide bonds. The molecule has 0 aromatic heterocycles. The molecule has 2 rings (SSSR count). The van der Waals surface area contributed by atoms with E-state index in [0.29, 0.717) is 16.3 Å². The highest BCUT2D eigenvalue weighted by molar-refractivity contribution is 6.44. The standard InChI is InChI=1S/C20H20Cl2N2O4/c1-11-7-12(2)9-14(8-11)20(27)23-10-17(25)28-13(3)19(26)24-16-6-4-5-15(21)18(16)22/h4-9,13H,10H2,1-3H3,(H,23,27)(H,24,26). The molecular formula is C20H20Cl2N2O4. The van der Waals surface area contributed by atoms with E-state index in [1.807, 2.05) is 19.9 Å².